The van der Waals surface area contributed by atoms with Gasteiger partial charge in [0.25, 0.3) is 5.56 Å². The summed E-state index contributed by atoms with van der Waals surface area (Å²) < 4.78 is 0. The Bertz CT molecular complexity index is 692. The molecule has 1 aromatic rings. The number of hydrogen-bond acceptors (Lipinski definition) is 4. The van der Waals surface area contributed by atoms with Crippen LogP contribution in [0.5, 0.6) is 0 Å². The van der Waals surface area contributed by atoms with Crippen molar-refractivity contribution in [3.63, 3.8) is 0 Å². The van der Waals surface area contributed by atoms with Crippen LogP contribution in [0.15, 0.2) is 9.79 Å². The Morgan fingerprint density at radius 3 is 2.14 bits per heavy atom. The molecule has 0 aliphatic carbocycles. The fourth-order valence-corrected chi connectivity index (χ4v) is 3.84. The summed E-state index contributed by atoms with van der Waals surface area (Å²) in [5, 5.41) is 0. The van der Waals surface area contributed by atoms with Gasteiger partial charge in [-0.2, -0.15) is 0 Å². The van der Waals surface area contributed by atoms with Crippen LogP contribution in [-0.4, -0.2) is 35.8 Å². The molecule has 0 saturated carbocycles. The summed E-state index contributed by atoms with van der Waals surface area (Å²) in [7, 11) is 1.78. The number of nitrogens with zero attached hydrogens (tertiary/aromatic N) is 3. The van der Waals surface area contributed by atoms with Crippen LogP contribution in [0, 0.1) is 24.2 Å². The second-order valence-electron chi connectivity index (χ2n) is 9.43. The Balaban J connectivity index is 3.43. The van der Waals surface area contributed by atoms with Crippen LogP contribution >= 0.6 is 0 Å². The maximum absolute atomic E-state index is 12.8. The van der Waals surface area contributed by atoms with Crippen LogP contribution in [0.2, 0.25) is 0 Å². The second kappa shape index (κ2) is 10.8. The van der Waals surface area contributed by atoms with Crippen molar-refractivity contribution >= 4 is 11.7 Å². The van der Waals surface area contributed by atoms with E-state index in [1.165, 1.54) is 25.7 Å². The Morgan fingerprint density at radius 1 is 1.14 bits per heavy atom. The van der Waals surface area contributed by atoms with Crippen LogP contribution in [0.1, 0.15) is 85.4 Å². The van der Waals surface area contributed by atoms with Gasteiger partial charge in [-0.3, -0.25) is 14.8 Å². The topological polar surface area (TPSA) is 61.4 Å². The van der Waals surface area contributed by atoms with Gasteiger partial charge >= 0.3 is 0 Å². The van der Waals surface area contributed by atoms with E-state index >= 15 is 0 Å². The normalized spacial score (nSPS) is 12.9. The van der Waals surface area contributed by atoms with Gasteiger partial charge in [-0.05, 0) is 31.6 Å². The van der Waals surface area contributed by atoms with Gasteiger partial charge in [0, 0.05) is 31.1 Å². The molecule has 0 radical (unpaired) electrons. The summed E-state index contributed by atoms with van der Waals surface area (Å²) in [5.74, 6) is 1.79. The third-order valence-electron chi connectivity index (χ3n) is 5.05. The first-order chi connectivity index (χ1) is 13.0. The summed E-state index contributed by atoms with van der Waals surface area (Å²) in [4.78, 5) is 27.5. The van der Waals surface area contributed by atoms with Crippen LogP contribution in [0.3, 0.4) is 0 Å². The number of rotatable bonds is 10. The Labute approximate surface area is 172 Å². The van der Waals surface area contributed by atoms with E-state index in [1.807, 2.05) is 6.92 Å². The molecule has 5 nitrogen and oxygen atoms in total. The number of hydrogen-bond donors (Lipinski definition) is 1. The molecule has 0 unspecified atom stereocenters. The monoisotopic (exact) mass is 390 g/mol. The minimum Gasteiger partial charge on any atom is -0.342 e. The molecule has 0 saturated heterocycles. The SMILES string of the molecule is CCCC(CCC)CN(CC(C)C)c1nc(C(=NC)C(C)(C)C)c(C)c(=O)[nH]1. The zero-order chi connectivity index (χ0) is 21.5. The smallest absolute Gasteiger partial charge is 0.255 e. The quantitative estimate of drug-likeness (QED) is 0.557. The molecule has 1 aromatic heterocycles. The lowest BCUT2D eigenvalue weighted by molar-refractivity contribution is 0.423. The lowest BCUT2D eigenvalue weighted by atomic mass is 9.86. The maximum Gasteiger partial charge on any atom is 0.255 e. The summed E-state index contributed by atoms with van der Waals surface area (Å²) in [6.45, 7) is 18.9. The Morgan fingerprint density at radius 2 is 1.71 bits per heavy atom. The standard InChI is InChI=1S/C23H42N4O/c1-10-12-18(13-11-2)15-27(14-16(3)4)22-25-19(17(5)21(28)26-22)20(24-9)23(6,7)8/h16,18H,10-15H2,1-9H3,(H,25,26,28). The van der Waals surface area contributed by atoms with Crippen molar-refractivity contribution in [3.8, 4) is 0 Å². The molecule has 28 heavy (non-hydrogen) atoms. The van der Waals surface area contributed by atoms with Crippen molar-refractivity contribution in [3.05, 3.63) is 21.6 Å². The highest BCUT2D eigenvalue weighted by molar-refractivity contribution is 6.03. The molecule has 1 N–H and O–H groups in total. The van der Waals surface area contributed by atoms with Crippen molar-refractivity contribution in [2.45, 2.75) is 81.1 Å². The van der Waals surface area contributed by atoms with Crippen molar-refractivity contribution in [1.82, 2.24) is 9.97 Å². The van der Waals surface area contributed by atoms with Gasteiger partial charge in [-0.25, -0.2) is 4.98 Å². The van der Waals surface area contributed by atoms with Gasteiger partial charge < -0.3 is 4.90 Å². The summed E-state index contributed by atoms with van der Waals surface area (Å²) >= 11 is 0. The zero-order valence-corrected chi connectivity index (χ0v) is 19.6. The predicted molar refractivity (Wildman–Crippen MR) is 122 cm³/mol. The zero-order valence-electron chi connectivity index (χ0n) is 19.6. The molecule has 0 aliphatic heterocycles. The van der Waals surface area contributed by atoms with Gasteiger partial charge in [0.1, 0.15) is 0 Å². The van der Waals surface area contributed by atoms with Gasteiger partial charge in [0.2, 0.25) is 5.95 Å². The molecule has 160 valence electrons. The van der Waals surface area contributed by atoms with E-state index in [0.717, 1.165) is 24.5 Å². The highest BCUT2D eigenvalue weighted by Gasteiger charge is 2.26. The molecule has 0 spiro atoms. The molecule has 0 aliphatic rings. The number of aromatic amines is 1. The van der Waals surface area contributed by atoms with E-state index in [0.29, 0.717) is 23.3 Å². The number of nitrogens with one attached hydrogen (secondary N) is 1. The van der Waals surface area contributed by atoms with E-state index in [9.17, 15) is 4.79 Å². The first-order valence-electron chi connectivity index (χ1n) is 10.9. The van der Waals surface area contributed by atoms with Crippen molar-refractivity contribution in [2.24, 2.45) is 22.2 Å². The molecule has 5 heteroatoms. The molecule has 0 aromatic carbocycles. The Hall–Kier alpha value is -1.65. The van der Waals surface area contributed by atoms with E-state index < -0.39 is 0 Å². The van der Waals surface area contributed by atoms with Crippen LogP contribution in [0.4, 0.5) is 5.95 Å². The third-order valence-corrected chi connectivity index (χ3v) is 5.05. The lowest BCUT2D eigenvalue weighted by Gasteiger charge is -2.30. The summed E-state index contributed by atoms with van der Waals surface area (Å²) in [5.41, 5.74) is 2.00. The highest BCUT2D eigenvalue weighted by atomic mass is 16.1. The lowest BCUT2D eigenvalue weighted by Crippen LogP contribution is -2.37. The Kier molecular flexibility index (Phi) is 9.38. The molecule has 1 heterocycles. The first-order valence-corrected chi connectivity index (χ1v) is 10.9. The van der Waals surface area contributed by atoms with Crippen LogP contribution < -0.4 is 10.5 Å². The molecule has 0 amide bonds. The van der Waals surface area contributed by atoms with E-state index in [-0.39, 0.29) is 11.0 Å². The number of anilines is 1. The van der Waals surface area contributed by atoms with E-state index in [2.05, 4.69) is 63.3 Å². The molecule has 0 atom stereocenters. The fraction of sp³-hybridized carbons (Fsp3) is 0.783. The van der Waals surface area contributed by atoms with Gasteiger partial charge in [-0.15, -0.1) is 0 Å². The van der Waals surface area contributed by atoms with Gasteiger partial charge in [-0.1, -0.05) is 61.3 Å². The minimum atomic E-state index is -0.173. The minimum absolute atomic E-state index is 0.0679. The van der Waals surface area contributed by atoms with Crippen molar-refractivity contribution in [2.75, 3.05) is 25.0 Å². The number of aromatic nitrogens is 2. The molecular formula is C23H42N4O. The average Bonchev–Trinajstić information content (AvgIpc) is 2.57. The fourth-order valence-electron chi connectivity index (χ4n) is 3.84. The maximum atomic E-state index is 12.8. The molecule has 1 rings (SSSR count). The van der Waals surface area contributed by atoms with Crippen LogP contribution in [0.25, 0.3) is 0 Å². The van der Waals surface area contributed by atoms with E-state index in [4.69, 9.17) is 4.98 Å². The average molecular weight is 391 g/mol. The second-order valence-corrected chi connectivity index (χ2v) is 9.43. The van der Waals surface area contributed by atoms with E-state index in [1.54, 1.807) is 7.05 Å². The molecule has 0 bridgehead atoms. The first kappa shape index (κ1) is 24.4. The van der Waals surface area contributed by atoms with Crippen molar-refractivity contribution in [1.29, 1.82) is 0 Å². The summed E-state index contributed by atoms with van der Waals surface area (Å²) in [6, 6.07) is 0. The summed E-state index contributed by atoms with van der Waals surface area (Å²) in [6.07, 6.45) is 4.77. The molecular weight excluding hydrogens is 348 g/mol. The van der Waals surface area contributed by atoms with Crippen LogP contribution in [-0.2, 0) is 0 Å². The predicted octanol–water partition coefficient (Wildman–Crippen LogP) is 5.22. The largest absolute Gasteiger partial charge is 0.342 e. The highest BCUT2D eigenvalue weighted by Crippen LogP contribution is 2.24. The number of aliphatic imine (C=N–C) groups is 1. The van der Waals surface area contributed by atoms with Gasteiger partial charge in [0.15, 0.2) is 0 Å². The number of H-pyrrole nitrogens is 1. The molecule has 0 fully saturated rings. The van der Waals surface area contributed by atoms with Crippen molar-refractivity contribution < 1.29 is 0 Å². The van der Waals surface area contributed by atoms with Gasteiger partial charge in [0.05, 0.1) is 11.4 Å². The third kappa shape index (κ3) is 6.75.